The molecule has 0 aliphatic heterocycles. The summed E-state index contributed by atoms with van der Waals surface area (Å²) in [6, 6.07) is 2.66. The van der Waals surface area contributed by atoms with Crippen LogP contribution in [0.4, 0.5) is 8.78 Å². The van der Waals surface area contributed by atoms with E-state index in [0.717, 1.165) is 24.6 Å². The monoisotopic (exact) mass is 272 g/mol. The second kappa shape index (κ2) is 6.10. The molecule has 1 aromatic carbocycles. The maximum Gasteiger partial charge on any atom is 0.309 e. The molecule has 1 aromatic rings. The molecule has 0 saturated carbocycles. The van der Waals surface area contributed by atoms with Crippen molar-refractivity contribution >= 4 is 5.97 Å². The number of aliphatic carboxylic acids is 1. The second-order valence-corrected chi connectivity index (χ2v) is 4.80. The van der Waals surface area contributed by atoms with E-state index in [9.17, 15) is 23.8 Å². The van der Waals surface area contributed by atoms with Gasteiger partial charge in [-0.15, -0.1) is 0 Å². The first-order chi connectivity index (χ1) is 8.80. The van der Waals surface area contributed by atoms with Crippen LogP contribution in [0.3, 0.4) is 0 Å². The maximum atomic E-state index is 13.7. The molecular weight excluding hydrogens is 254 g/mol. The minimum atomic E-state index is -1.95. The molecule has 1 rings (SSSR count). The Labute approximate surface area is 110 Å². The van der Waals surface area contributed by atoms with E-state index in [1.165, 1.54) is 6.92 Å². The quantitative estimate of drug-likeness (QED) is 0.836. The minimum absolute atomic E-state index is 0.203. The van der Waals surface area contributed by atoms with Crippen LogP contribution in [0, 0.1) is 17.6 Å². The number of aliphatic hydroxyl groups is 1. The summed E-state index contributed by atoms with van der Waals surface area (Å²) in [6.07, 6.45) is 1.55. The van der Waals surface area contributed by atoms with E-state index < -0.39 is 29.1 Å². The van der Waals surface area contributed by atoms with E-state index in [1.807, 2.05) is 6.92 Å². The fraction of sp³-hybridized carbons (Fsp3) is 0.500. The van der Waals surface area contributed by atoms with E-state index in [1.54, 1.807) is 0 Å². The van der Waals surface area contributed by atoms with Crippen molar-refractivity contribution in [1.82, 2.24) is 0 Å². The van der Waals surface area contributed by atoms with Crippen LogP contribution in [-0.4, -0.2) is 16.2 Å². The molecule has 106 valence electrons. The van der Waals surface area contributed by atoms with Crippen molar-refractivity contribution in [2.45, 2.75) is 38.7 Å². The van der Waals surface area contributed by atoms with Crippen molar-refractivity contribution in [3.8, 4) is 0 Å². The van der Waals surface area contributed by atoms with E-state index >= 15 is 0 Å². The first-order valence-corrected chi connectivity index (χ1v) is 6.21. The molecule has 2 unspecified atom stereocenters. The maximum absolute atomic E-state index is 13.7. The Morgan fingerprint density at radius 1 is 1.42 bits per heavy atom. The summed E-state index contributed by atoms with van der Waals surface area (Å²) in [5.74, 6) is -3.92. The number of carboxylic acids is 1. The van der Waals surface area contributed by atoms with Crippen molar-refractivity contribution < 1.29 is 23.8 Å². The van der Waals surface area contributed by atoms with Crippen LogP contribution in [0.15, 0.2) is 18.2 Å². The molecule has 3 nitrogen and oxygen atoms in total. The summed E-state index contributed by atoms with van der Waals surface area (Å²) in [6.45, 7) is 3.09. The lowest BCUT2D eigenvalue weighted by atomic mass is 9.79. The number of rotatable bonds is 6. The fourth-order valence-corrected chi connectivity index (χ4v) is 2.13. The van der Waals surface area contributed by atoms with Crippen LogP contribution in [0.1, 0.15) is 38.7 Å². The van der Waals surface area contributed by atoms with Gasteiger partial charge in [-0.05, 0) is 31.5 Å². The molecule has 0 radical (unpaired) electrons. The highest BCUT2D eigenvalue weighted by molar-refractivity contribution is 5.72. The van der Waals surface area contributed by atoms with Crippen molar-refractivity contribution in [3.05, 3.63) is 35.4 Å². The third-order valence-corrected chi connectivity index (χ3v) is 3.30. The van der Waals surface area contributed by atoms with E-state index in [2.05, 4.69) is 0 Å². The number of hydrogen-bond acceptors (Lipinski definition) is 2. The first-order valence-electron chi connectivity index (χ1n) is 6.21. The Bertz CT molecular complexity index is 458. The average Bonchev–Trinajstić information content (AvgIpc) is 2.32. The predicted octanol–water partition coefficient (Wildman–Crippen LogP) is 3.06. The van der Waals surface area contributed by atoms with Crippen LogP contribution >= 0.6 is 0 Å². The minimum Gasteiger partial charge on any atom is -0.481 e. The van der Waals surface area contributed by atoms with Gasteiger partial charge in [0.25, 0.3) is 0 Å². The predicted molar refractivity (Wildman–Crippen MR) is 66.6 cm³/mol. The Hall–Kier alpha value is -1.49. The molecule has 0 spiro atoms. The topological polar surface area (TPSA) is 57.5 Å². The molecule has 0 aliphatic rings. The summed E-state index contributed by atoms with van der Waals surface area (Å²) in [4.78, 5) is 11.2. The van der Waals surface area contributed by atoms with Crippen LogP contribution in [0.25, 0.3) is 0 Å². The highest BCUT2D eigenvalue weighted by atomic mass is 19.1. The lowest BCUT2D eigenvalue weighted by molar-refractivity contribution is -0.152. The van der Waals surface area contributed by atoms with E-state index in [4.69, 9.17) is 0 Å². The molecule has 0 bridgehead atoms. The van der Waals surface area contributed by atoms with Crippen molar-refractivity contribution in [3.63, 3.8) is 0 Å². The molecule has 5 heteroatoms. The Kier molecular flexibility index (Phi) is 5.00. The normalized spacial score (nSPS) is 15.8. The summed E-state index contributed by atoms with van der Waals surface area (Å²) in [5, 5.41) is 19.5. The SMILES string of the molecule is CCCCC(C(=O)O)C(C)(O)c1cc(F)ccc1F. The first kappa shape index (κ1) is 15.6. The number of unbranched alkanes of at least 4 members (excludes halogenated alkanes) is 1. The van der Waals surface area contributed by atoms with Gasteiger partial charge in [0.2, 0.25) is 0 Å². The lowest BCUT2D eigenvalue weighted by Gasteiger charge is -2.30. The molecule has 0 heterocycles. The molecule has 0 aliphatic carbocycles. The molecule has 2 N–H and O–H groups in total. The van der Waals surface area contributed by atoms with Crippen LogP contribution < -0.4 is 0 Å². The van der Waals surface area contributed by atoms with Crippen molar-refractivity contribution in [1.29, 1.82) is 0 Å². The number of benzene rings is 1. The third-order valence-electron chi connectivity index (χ3n) is 3.30. The molecule has 2 atom stereocenters. The molecule has 19 heavy (non-hydrogen) atoms. The third kappa shape index (κ3) is 3.50. The Balaban J connectivity index is 3.17. The number of carboxylic acid groups (broad SMARTS) is 1. The van der Waals surface area contributed by atoms with Crippen LogP contribution in [0.2, 0.25) is 0 Å². The fourth-order valence-electron chi connectivity index (χ4n) is 2.13. The van der Waals surface area contributed by atoms with Gasteiger partial charge in [-0.2, -0.15) is 0 Å². The summed E-state index contributed by atoms with van der Waals surface area (Å²) < 4.78 is 26.9. The molecule has 0 amide bonds. The van der Waals surface area contributed by atoms with Gasteiger partial charge in [0.1, 0.15) is 17.2 Å². The van der Waals surface area contributed by atoms with E-state index in [0.29, 0.717) is 6.42 Å². The number of halogens is 2. The Morgan fingerprint density at radius 2 is 2.05 bits per heavy atom. The molecular formula is C14H18F2O3. The van der Waals surface area contributed by atoms with E-state index in [-0.39, 0.29) is 12.0 Å². The van der Waals surface area contributed by atoms with Gasteiger partial charge >= 0.3 is 5.97 Å². The summed E-state index contributed by atoms with van der Waals surface area (Å²) in [5.41, 5.74) is -2.27. The largest absolute Gasteiger partial charge is 0.481 e. The van der Waals surface area contributed by atoms with Gasteiger partial charge in [0, 0.05) is 5.56 Å². The second-order valence-electron chi connectivity index (χ2n) is 4.80. The van der Waals surface area contributed by atoms with Gasteiger partial charge in [-0.3, -0.25) is 4.79 Å². The molecule has 0 fully saturated rings. The van der Waals surface area contributed by atoms with Gasteiger partial charge < -0.3 is 10.2 Å². The number of carbonyl (C=O) groups is 1. The zero-order chi connectivity index (χ0) is 14.6. The highest BCUT2D eigenvalue weighted by Crippen LogP contribution is 2.34. The van der Waals surface area contributed by atoms with Gasteiger partial charge in [-0.25, -0.2) is 8.78 Å². The van der Waals surface area contributed by atoms with Gasteiger partial charge in [0.05, 0.1) is 5.92 Å². The Morgan fingerprint density at radius 3 is 2.58 bits per heavy atom. The number of hydrogen-bond donors (Lipinski definition) is 2. The standard InChI is InChI=1S/C14H18F2O3/c1-3-4-5-10(13(17)18)14(2,19)11-8-9(15)6-7-12(11)16/h6-8,10,19H,3-5H2,1-2H3,(H,17,18). The average molecular weight is 272 g/mol. The van der Waals surface area contributed by atoms with Crippen LogP contribution in [0.5, 0.6) is 0 Å². The van der Waals surface area contributed by atoms with Gasteiger partial charge in [0.15, 0.2) is 0 Å². The summed E-state index contributed by atoms with van der Waals surface area (Å²) >= 11 is 0. The van der Waals surface area contributed by atoms with Gasteiger partial charge in [-0.1, -0.05) is 19.8 Å². The summed E-state index contributed by atoms with van der Waals surface area (Å²) in [7, 11) is 0. The molecule has 0 aromatic heterocycles. The zero-order valence-corrected chi connectivity index (χ0v) is 11.0. The highest BCUT2D eigenvalue weighted by Gasteiger charge is 2.40. The van der Waals surface area contributed by atoms with Crippen molar-refractivity contribution in [2.75, 3.05) is 0 Å². The molecule has 0 saturated heterocycles. The lowest BCUT2D eigenvalue weighted by Crippen LogP contribution is -2.38. The smallest absolute Gasteiger partial charge is 0.309 e. The zero-order valence-electron chi connectivity index (χ0n) is 11.0. The van der Waals surface area contributed by atoms with Crippen LogP contribution in [-0.2, 0) is 10.4 Å². The van der Waals surface area contributed by atoms with Crippen molar-refractivity contribution in [2.24, 2.45) is 5.92 Å².